The van der Waals surface area contributed by atoms with Gasteiger partial charge in [0.05, 0.1) is 18.8 Å². The lowest BCUT2D eigenvalue weighted by atomic mass is 10.2. The van der Waals surface area contributed by atoms with Crippen LogP contribution >= 0.6 is 11.3 Å². The molecule has 0 spiro atoms. The number of ether oxygens (including phenoxy) is 1. The first-order chi connectivity index (χ1) is 12.0. The average Bonchev–Trinajstić information content (AvgIpc) is 3.05. The van der Waals surface area contributed by atoms with E-state index in [1.54, 1.807) is 18.4 Å². The van der Waals surface area contributed by atoms with E-state index in [1.165, 1.54) is 6.07 Å². The van der Waals surface area contributed by atoms with Crippen molar-refractivity contribution in [3.8, 4) is 5.75 Å². The molecule has 1 heterocycles. The number of guanidine groups is 1. The maximum Gasteiger partial charge on any atom is 0.191 e. The number of rotatable bonds is 7. The molecule has 0 amide bonds. The van der Waals surface area contributed by atoms with Crippen molar-refractivity contribution in [3.05, 3.63) is 45.9 Å². The van der Waals surface area contributed by atoms with E-state index in [9.17, 15) is 8.78 Å². The largest absolute Gasteiger partial charge is 0.489 e. The van der Waals surface area contributed by atoms with E-state index in [1.807, 2.05) is 0 Å². The van der Waals surface area contributed by atoms with E-state index >= 15 is 0 Å². The third-order valence-electron chi connectivity index (χ3n) is 3.34. The first-order valence-corrected chi connectivity index (χ1v) is 8.84. The summed E-state index contributed by atoms with van der Waals surface area (Å²) in [6, 6.07) is 3.22. The summed E-state index contributed by atoms with van der Waals surface area (Å²) in [7, 11) is 1.66. The SMILES string of the molecule is CN=C(NCCOc1ccc(F)cc1F)NCc1nc(C(C)C)cs1. The molecule has 0 saturated carbocycles. The molecule has 0 atom stereocenters. The van der Waals surface area contributed by atoms with Gasteiger partial charge in [-0.25, -0.2) is 13.8 Å². The van der Waals surface area contributed by atoms with Crippen molar-refractivity contribution in [3.63, 3.8) is 0 Å². The highest BCUT2D eigenvalue weighted by Gasteiger charge is 2.07. The van der Waals surface area contributed by atoms with Gasteiger partial charge < -0.3 is 15.4 Å². The van der Waals surface area contributed by atoms with Crippen molar-refractivity contribution in [2.24, 2.45) is 4.99 Å². The number of hydrogen-bond acceptors (Lipinski definition) is 4. The standard InChI is InChI=1S/C17H22F2N4OS/c1-11(2)14-10-25-16(23-14)9-22-17(20-3)21-6-7-24-15-5-4-12(18)8-13(15)19/h4-5,8,10-11H,6-7,9H2,1-3H3,(H2,20,21,22). The Bertz CT molecular complexity index is 718. The monoisotopic (exact) mass is 368 g/mol. The van der Waals surface area contributed by atoms with E-state index in [-0.39, 0.29) is 12.4 Å². The molecule has 5 nitrogen and oxygen atoms in total. The zero-order valence-electron chi connectivity index (χ0n) is 14.5. The molecular formula is C17H22F2N4OS. The predicted octanol–water partition coefficient (Wildman–Crippen LogP) is 3.29. The first-order valence-electron chi connectivity index (χ1n) is 7.96. The highest BCUT2D eigenvalue weighted by atomic mass is 32.1. The average molecular weight is 368 g/mol. The van der Waals surface area contributed by atoms with Crippen LogP contribution in [-0.4, -0.2) is 31.1 Å². The molecule has 25 heavy (non-hydrogen) atoms. The van der Waals surface area contributed by atoms with Crippen LogP contribution in [0.5, 0.6) is 5.75 Å². The van der Waals surface area contributed by atoms with Crippen molar-refractivity contribution in [2.75, 3.05) is 20.2 Å². The molecule has 0 radical (unpaired) electrons. The minimum absolute atomic E-state index is 0.0233. The number of halogens is 2. The second-order valence-corrected chi connectivity index (χ2v) is 6.54. The lowest BCUT2D eigenvalue weighted by Gasteiger charge is -2.12. The van der Waals surface area contributed by atoms with Gasteiger partial charge in [-0.15, -0.1) is 11.3 Å². The Labute approximate surface area is 150 Å². The van der Waals surface area contributed by atoms with Gasteiger partial charge in [-0.1, -0.05) is 13.8 Å². The van der Waals surface area contributed by atoms with Gasteiger partial charge in [0, 0.05) is 18.5 Å². The maximum atomic E-state index is 13.4. The van der Waals surface area contributed by atoms with Crippen LogP contribution < -0.4 is 15.4 Å². The Balaban J connectivity index is 1.72. The molecule has 0 bridgehead atoms. The molecule has 1 aromatic carbocycles. The summed E-state index contributed by atoms with van der Waals surface area (Å²) >= 11 is 1.61. The Hall–Kier alpha value is -2.22. The lowest BCUT2D eigenvalue weighted by Crippen LogP contribution is -2.38. The van der Waals surface area contributed by atoms with Gasteiger partial charge in [-0.2, -0.15) is 0 Å². The van der Waals surface area contributed by atoms with Crippen molar-refractivity contribution in [1.29, 1.82) is 0 Å². The van der Waals surface area contributed by atoms with Crippen LogP contribution in [0.25, 0.3) is 0 Å². The molecule has 0 aliphatic heterocycles. The van der Waals surface area contributed by atoms with Crippen LogP contribution in [0.1, 0.15) is 30.5 Å². The summed E-state index contributed by atoms with van der Waals surface area (Å²) < 4.78 is 31.5. The maximum absolute atomic E-state index is 13.4. The predicted molar refractivity (Wildman–Crippen MR) is 96.3 cm³/mol. The molecule has 2 N–H and O–H groups in total. The number of aromatic nitrogens is 1. The van der Waals surface area contributed by atoms with Crippen molar-refractivity contribution in [2.45, 2.75) is 26.3 Å². The number of nitrogens with zero attached hydrogens (tertiary/aromatic N) is 2. The van der Waals surface area contributed by atoms with E-state index in [2.05, 4.69) is 39.8 Å². The smallest absolute Gasteiger partial charge is 0.191 e. The van der Waals surface area contributed by atoms with E-state index < -0.39 is 11.6 Å². The second kappa shape index (κ2) is 9.31. The van der Waals surface area contributed by atoms with Gasteiger partial charge in [0.25, 0.3) is 0 Å². The van der Waals surface area contributed by atoms with Gasteiger partial charge in [0.15, 0.2) is 17.5 Å². The van der Waals surface area contributed by atoms with Crippen LogP contribution in [0.15, 0.2) is 28.6 Å². The van der Waals surface area contributed by atoms with Crippen molar-refractivity contribution >= 4 is 17.3 Å². The summed E-state index contributed by atoms with van der Waals surface area (Å²) in [6.07, 6.45) is 0. The highest BCUT2D eigenvalue weighted by molar-refractivity contribution is 7.09. The summed E-state index contributed by atoms with van der Waals surface area (Å²) in [5.41, 5.74) is 1.08. The van der Waals surface area contributed by atoms with Gasteiger partial charge in [-0.05, 0) is 18.1 Å². The van der Waals surface area contributed by atoms with Crippen LogP contribution in [0.3, 0.4) is 0 Å². The van der Waals surface area contributed by atoms with E-state index in [0.717, 1.165) is 22.8 Å². The minimum Gasteiger partial charge on any atom is -0.489 e. The fraction of sp³-hybridized carbons (Fsp3) is 0.412. The molecule has 1 aromatic heterocycles. The summed E-state index contributed by atoms with van der Waals surface area (Å²) in [5, 5.41) is 9.27. The molecule has 0 fully saturated rings. The minimum atomic E-state index is -0.716. The van der Waals surface area contributed by atoms with Crippen LogP contribution in [0.2, 0.25) is 0 Å². The fourth-order valence-electron chi connectivity index (χ4n) is 1.97. The Morgan fingerprint density at radius 3 is 2.76 bits per heavy atom. The van der Waals surface area contributed by atoms with Crippen LogP contribution in [0, 0.1) is 11.6 Å². The van der Waals surface area contributed by atoms with Gasteiger partial charge >= 0.3 is 0 Å². The second-order valence-electron chi connectivity index (χ2n) is 5.60. The van der Waals surface area contributed by atoms with Crippen molar-refractivity contribution < 1.29 is 13.5 Å². The summed E-state index contributed by atoms with van der Waals surface area (Å²) in [4.78, 5) is 8.66. The highest BCUT2D eigenvalue weighted by Crippen LogP contribution is 2.18. The fourth-order valence-corrected chi connectivity index (χ4v) is 2.87. The van der Waals surface area contributed by atoms with Gasteiger partial charge in [0.1, 0.15) is 17.4 Å². The molecule has 0 unspecified atom stereocenters. The third kappa shape index (κ3) is 5.97. The van der Waals surface area contributed by atoms with Gasteiger partial charge in [-0.3, -0.25) is 4.99 Å². The molecule has 0 aliphatic rings. The molecule has 136 valence electrons. The van der Waals surface area contributed by atoms with Crippen molar-refractivity contribution in [1.82, 2.24) is 15.6 Å². The molecule has 2 rings (SSSR count). The number of nitrogens with one attached hydrogen (secondary N) is 2. The summed E-state index contributed by atoms with van der Waals surface area (Å²) in [5.74, 6) is -0.311. The quantitative estimate of drug-likeness (QED) is 0.447. The van der Waals surface area contributed by atoms with Crippen LogP contribution in [0.4, 0.5) is 8.78 Å². The zero-order chi connectivity index (χ0) is 18.2. The van der Waals surface area contributed by atoms with Gasteiger partial charge in [0.2, 0.25) is 0 Å². The molecule has 0 saturated heterocycles. The molecular weight excluding hydrogens is 346 g/mol. The summed E-state index contributed by atoms with van der Waals surface area (Å²) in [6.45, 7) is 5.43. The number of benzene rings is 1. The first kappa shape index (κ1) is 19.1. The Morgan fingerprint density at radius 2 is 2.12 bits per heavy atom. The topological polar surface area (TPSA) is 58.5 Å². The number of thiazole rings is 1. The number of aliphatic imine (C=N–C) groups is 1. The zero-order valence-corrected chi connectivity index (χ0v) is 15.3. The molecule has 8 heteroatoms. The molecule has 2 aromatic rings. The molecule has 0 aliphatic carbocycles. The lowest BCUT2D eigenvalue weighted by molar-refractivity contribution is 0.304. The normalized spacial score (nSPS) is 11.7. The Kier molecular flexibility index (Phi) is 7.12. The Morgan fingerprint density at radius 1 is 1.32 bits per heavy atom. The number of hydrogen-bond donors (Lipinski definition) is 2. The van der Waals surface area contributed by atoms with E-state index in [4.69, 9.17) is 4.74 Å². The van der Waals surface area contributed by atoms with E-state index in [0.29, 0.717) is 25.0 Å². The van der Waals surface area contributed by atoms with Crippen LogP contribution in [-0.2, 0) is 6.54 Å². The third-order valence-corrected chi connectivity index (χ3v) is 4.20.